The number of hydrogen-bond donors (Lipinski definition) is 1. The molecule has 0 saturated heterocycles. The molecule has 1 N–H and O–H groups in total. The fraction of sp³-hybridized carbons (Fsp3) is 0.409. The smallest absolute Gasteiger partial charge is 0.328 e. The predicted octanol–water partition coefficient (Wildman–Crippen LogP) is 3.57. The number of nitrogens with zero attached hydrogens (tertiary/aromatic N) is 1. The van der Waals surface area contributed by atoms with Gasteiger partial charge >= 0.3 is 5.97 Å². The molecular formula is C22H29NO4. The normalized spacial score (nSPS) is 12.7. The van der Waals surface area contributed by atoms with Crippen LogP contribution in [0, 0.1) is 0 Å². The highest BCUT2D eigenvalue weighted by atomic mass is 16.6. The molecule has 0 aliphatic heterocycles. The summed E-state index contributed by atoms with van der Waals surface area (Å²) >= 11 is 0. The lowest BCUT2D eigenvalue weighted by Gasteiger charge is -2.32. The molecule has 0 bridgehead atoms. The molecule has 2 rings (SSSR count). The van der Waals surface area contributed by atoms with Crippen LogP contribution in [0.3, 0.4) is 0 Å². The van der Waals surface area contributed by atoms with Crippen LogP contribution in [0.25, 0.3) is 0 Å². The topological polar surface area (TPSA) is 59.0 Å². The van der Waals surface area contributed by atoms with Gasteiger partial charge in [-0.25, -0.2) is 4.79 Å². The van der Waals surface area contributed by atoms with Crippen LogP contribution >= 0.6 is 0 Å². The molecule has 0 aliphatic rings. The minimum absolute atomic E-state index is 0.0533. The SMILES string of the molecule is COc1ccc(CN(CCO)C(C(=O)OC(C)(C)C)c2ccccc2)cc1. The van der Waals surface area contributed by atoms with E-state index < -0.39 is 11.6 Å². The van der Waals surface area contributed by atoms with Gasteiger partial charge in [-0.05, 0) is 44.0 Å². The highest BCUT2D eigenvalue weighted by Gasteiger charge is 2.31. The summed E-state index contributed by atoms with van der Waals surface area (Å²) in [6.07, 6.45) is 0. The molecule has 1 unspecified atom stereocenters. The zero-order valence-corrected chi connectivity index (χ0v) is 16.5. The van der Waals surface area contributed by atoms with Gasteiger partial charge in [0.2, 0.25) is 0 Å². The molecule has 0 aromatic heterocycles. The number of carbonyl (C=O) groups is 1. The van der Waals surface area contributed by atoms with Crippen molar-refractivity contribution < 1.29 is 19.4 Å². The Bertz CT molecular complexity index is 707. The van der Waals surface area contributed by atoms with Crippen molar-refractivity contribution >= 4 is 5.97 Å². The Hall–Kier alpha value is -2.37. The average Bonchev–Trinajstić information content (AvgIpc) is 2.62. The number of methoxy groups -OCH3 is 1. The van der Waals surface area contributed by atoms with Crippen LogP contribution in [-0.2, 0) is 16.1 Å². The van der Waals surface area contributed by atoms with E-state index >= 15 is 0 Å². The lowest BCUT2D eigenvalue weighted by Crippen LogP contribution is -2.39. The summed E-state index contributed by atoms with van der Waals surface area (Å²) in [6.45, 7) is 6.36. The molecular weight excluding hydrogens is 342 g/mol. The first-order valence-electron chi connectivity index (χ1n) is 9.09. The van der Waals surface area contributed by atoms with Gasteiger partial charge in [-0.3, -0.25) is 4.90 Å². The van der Waals surface area contributed by atoms with E-state index in [1.54, 1.807) is 7.11 Å². The molecule has 0 heterocycles. The van der Waals surface area contributed by atoms with Gasteiger partial charge in [0.25, 0.3) is 0 Å². The van der Waals surface area contributed by atoms with Crippen molar-refractivity contribution in [3.8, 4) is 5.75 Å². The first-order valence-corrected chi connectivity index (χ1v) is 9.09. The monoisotopic (exact) mass is 371 g/mol. The van der Waals surface area contributed by atoms with Gasteiger partial charge in [0, 0.05) is 13.1 Å². The van der Waals surface area contributed by atoms with E-state index in [2.05, 4.69) is 0 Å². The second kappa shape index (κ2) is 9.53. The number of aliphatic hydroxyl groups is 1. The van der Waals surface area contributed by atoms with Gasteiger partial charge in [-0.2, -0.15) is 0 Å². The first-order chi connectivity index (χ1) is 12.8. The van der Waals surface area contributed by atoms with E-state index in [0.717, 1.165) is 16.9 Å². The molecule has 5 nitrogen and oxygen atoms in total. The Morgan fingerprint density at radius 2 is 1.70 bits per heavy atom. The number of carbonyl (C=O) groups excluding carboxylic acids is 1. The quantitative estimate of drug-likeness (QED) is 0.719. The van der Waals surface area contributed by atoms with Crippen LogP contribution in [0.2, 0.25) is 0 Å². The van der Waals surface area contributed by atoms with E-state index in [9.17, 15) is 9.90 Å². The summed E-state index contributed by atoms with van der Waals surface area (Å²) in [7, 11) is 1.63. The third-order valence-corrected chi connectivity index (χ3v) is 4.04. The maximum Gasteiger partial charge on any atom is 0.328 e. The molecule has 0 amide bonds. The highest BCUT2D eigenvalue weighted by molar-refractivity contribution is 5.78. The molecule has 5 heteroatoms. The molecule has 0 saturated carbocycles. The van der Waals surface area contributed by atoms with Crippen LogP contribution in [0.5, 0.6) is 5.75 Å². The second-order valence-electron chi connectivity index (χ2n) is 7.39. The summed E-state index contributed by atoms with van der Waals surface area (Å²) in [6, 6.07) is 16.6. The van der Waals surface area contributed by atoms with Crippen LogP contribution in [0.4, 0.5) is 0 Å². The van der Waals surface area contributed by atoms with Crippen molar-refractivity contribution in [1.29, 1.82) is 0 Å². The van der Waals surface area contributed by atoms with E-state index in [-0.39, 0.29) is 12.6 Å². The van der Waals surface area contributed by atoms with Crippen molar-refractivity contribution in [3.63, 3.8) is 0 Å². The molecule has 146 valence electrons. The van der Waals surface area contributed by atoms with Gasteiger partial charge in [-0.15, -0.1) is 0 Å². The second-order valence-corrected chi connectivity index (χ2v) is 7.39. The van der Waals surface area contributed by atoms with Crippen LogP contribution in [0.15, 0.2) is 54.6 Å². The van der Waals surface area contributed by atoms with E-state index in [1.807, 2.05) is 80.3 Å². The lowest BCUT2D eigenvalue weighted by molar-refractivity contribution is -0.162. The molecule has 27 heavy (non-hydrogen) atoms. The summed E-state index contributed by atoms with van der Waals surface area (Å²) in [5, 5.41) is 9.59. The van der Waals surface area contributed by atoms with Gasteiger partial charge in [0.1, 0.15) is 17.4 Å². The maximum atomic E-state index is 13.0. The van der Waals surface area contributed by atoms with E-state index in [1.165, 1.54) is 0 Å². The van der Waals surface area contributed by atoms with Crippen molar-refractivity contribution in [2.75, 3.05) is 20.3 Å². The fourth-order valence-electron chi connectivity index (χ4n) is 2.88. The highest BCUT2D eigenvalue weighted by Crippen LogP contribution is 2.27. The van der Waals surface area contributed by atoms with Gasteiger partial charge < -0.3 is 14.6 Å². The Labute approximate surface area is 161 Å². The summed E-state index contributed by atoms with van der Waals surface area (Å²) < 4.78 is 10.9. The predicted molar refractivity (Wildman–Crippen MR) is 106 cm³/mol. The molecule has 2 aromatic rings. The average molecular weight is 371 g/mol. The third-order valence-electron chi connectivity index (χ3n) is 4.04. The minimum Gasteiger partial charge on any atom is -0.497 e. The number of aliphatic hydroxyl groups excluding tert-OH is 1. The molecule has 0 spiro atoms. The molecule has 2 aromatic carbocycles. The number of rotatable bonds is 8. The van der Waals surface area contributed by atoms with Gasteiger partial charge in [0.05, 0.1) is 13.7 Å². The van der Waals surface area contributed by atoms with Crippen molar-refractivity contribution in [1.82, 2.24) is 4.90 Å². The Morgan fingerprint density at radius 3 is 2.22 bits per heavy atom. The van der Waals surface area contributed by atoms with Crippen molar-refractivity contribution in [2.24, 2.45) is 0 Å². The largest absolute Gasteiger partial charge is 0.497 e. The molecule has 0 fully saturated rings. The minimum atomic E-state index is -0.598. The zero-order chi connectivity index (χ0) is 19.9. The van der Waals surface area contributed by atoms with Gasteiger partial charge in [0.15, 0.2) is 0 Å². The zero-order valence-electron chi connectivity index (χ0n) is 16.5. The Kier molecular flexibility index (Phi) is 7.39. The van der Waals surface area contributed by atoms with Crippen molar-refractivity contribution in [3.05, 3.63) is 65.7 Å². The van der Waals surface area contributed by atoms with Gasteiger partial charge in [-0.1, -0.05) is 42.5 Å². The van der Waals surface area contributed by atoms with Crippen LogP contribution < -0.4 is 4.74 Å². The lowest BCUT2D eigenvalue weighted by atomic mass is 10.0. The maximum absolute atomic E-state index is 13.0. The number of ether oxygens (including phenoxy) is 2. The van der Waals surface area contributed by atoms with E-state index in [0.29, 0.717) is 13.1 Å². The summed E-state index contributed by atoms with van der Waals surface area (Å²) in [5.41, 5.74) is 1.28. The molecule has 1 atom stereocenters. The van der Waals surface area contributed by atoms with Crippen molar-refractivity contribution in [2.45, 2.75) is 39.0 Å². The Balaban J connectivity index is 2.33. The van der Waals surface area contributed by atoms with E-state index in [4.69, 9.17) is 9.47 Å². The molecule has 0 radical (unpaired) electrons. The Morgan fingerprint density at radius 1 is 1.07 bits per heavy atom. The first kappa shape index (κ1) is 20.9. The van der Waals surface area contributed by atoms with Crippen LogP contribution in [-0.4, -0.2) is 41.8 Å². The number of esters is 1. The summed E-state index contributed by atoms with van der Waals surface area (Å²) in [4.78, 5) is 14.9. The number of benzene rings is 2. The molecule has 0 aliphatic carbocycles. The number of hydrogen-bond acceptors (Lipinski definition) is 5. The standard InChI is InChI=1S/C22H29NO4/c1-22(2,3)27-21(25)20(18-8-6-5-7-9-18)23(14-15-24)16-17-10-12-19(26-4)13-11-17/h5-13,20,24H,14-16H2,1-4H3. The fourth-order valence-corrected chi connectivity index (χ4v) is 2.88. The third kappa shape index (κ3) is 6.38. The summed E-state index contributed by atoms with van der Waals surface area (Å²) in [5.74, 6) is 0.454. The van der Waals surface area contributed by atoms with Crippen LogP contribution in [0.1, 0.15) is 37.9 Å².